The van der Waals surface area contributed by atoms with Crippen molar-refractivity contribution in [1.82, 2.24) is 5.32 Å². The van der Waals surface area contributed by atoms with Crippen LogP contribution in [0.1, 0.15) is 30.0 Å². The minimum atomic E-state index is -1.77. The number of rotatable bonds is 9. The molecule has 4 rings (SSSR count). The minimum Gasteiger partial charge on any atom is -0.493 e. The molecule has 2 aliphatic heterocycles. The highest BCUT2D eigenvalue weighted by Gasteiger charge is 2.51. The Labute approximate surface area is 217 Å². The predicted octanol–water partition coefficient (Wildman–Crippen LogP) is 0.117. The maximum Gasteiger partial charge on any atom is 0.335 e. The second-order valence-electron chi connectivity index (χ2n) is 8.88. The molecule has 37 heavy (non-hydrogen) atoms. The van der Waals surface area contributed by atoms with Crippen molar-refractivity contribution in [3.63, 3.8) is 0 Å². The quantitative estimate of drug-likeness (QED) is 0.279. The van der Waals surface area contributed by atoms with E-state index in [1.165, 1.54) is 0 Å². The Hall–Kier alpha value is -3.03. The van der Waals surface area contributed by atoms with E-state index in [1.807, 2.05) is 31.2 Å². The lowest BCUT2D eigenvalue weighted by Crippen LogP contribution is -2.64. The van der Waals surface area contributed by atoms with E-state index in [4.69, 9.17) is 9.47 Å². The van der Waals surface area contributed by atoms with Gasteiger partial charge in [0.05, 0.1) is 18.3 Å². The van der Waals surface area contributed by atoms with E-state index < -0.39 is 41.9 Å². The number of aliphatic hydroxyl groups excluding tert-OH is 3. The number of aliphatic hydroxyl groups is 3. The molecule has 2 aliphatic rings. The Morgan fingerprint density at radius 1 is 1.05 bits per heavy atom. The number of thioether (sulfide) groups is 1. The smallest absolute Gasteiger partial charge is 0.335 e. The highest BCUT2D eigenvalue weighted by Crippen LogP contribution is 2.26. The molecule has 0 saturated carbocycles. The van der Waals surface area contributed by atoms with Gasteiger partial charge in [-0.3, -0.25) is 14.9 Å². The summed E-state index contributed by atoms with van der Waals surface area (Å²) in [6, 6.07) is 10.9. The van der Waals surface area contributed by atoms with Crippen molar-refractivity contribution in [1.29, 1.82) is 0 Å². The first-order chi connectivity index (χ1) is 17.7. The van der Waals surface area contributed by atoms with Gasteiger partial charge < -0.3 is 29.9 Å². The van der Waals surface area contributed by atoms with Crippen LogP contribution in [0.3, 0.4) is 0 Å². The maximum absolute atomic E-state index is 11.8. The zero-order valence-corrected chi connectivity index (χ0v) is 20.8. The summed E-state index contributed by atoms with van der Waals surface area (Å²) in [5.74, 6) is -1.14. The molecule has 1 aromatic carbocycles. The van der Waals surface area contributed by atoms with Crippen LogP contribution in [0.15, 0.2) is 42.6 Å². The lowest BCUT2D eigenvalue weighted by molar-refractivity contribution is -0.783. The zero-order chi connectivity index (χ0) is 26.7. The van der Waals surface area contributed by atoms with Crippen molar-refractivity contribution in [3.8, 4) is 5.75 Å². The van der Waals surface area contributed by atoms with Gasteiger partial charge >= 0.3 is 5.97 Å². The number of ether oxygens (including phenoxy) is 2. The first-order valence-corrected chi connectivity index (χ1v) is 12.7. The Morgan fingerprint density at radius 3 is 2.38 bits per heavy atom. The van der Waals surface area contributed by atoms with Crippen molar-refractivity contribution >= 4 is 28.9 Å². The van der Waals surface area contributed by atoms with Crippen molar-refractivity contribution < 1.29 is 48.9 Å². The monoisotopic (exact) mass is 533 g/mol. The summed E-state index contributed by atoms with van der Waals surface area (Å²) in [6.07, 6.45) is -4.75. The number of imide groups is 1. The highest BCUT2D eigenvalue weighted by atomic mass is 32.2. The second-order valence-corrected chi connectivity index (χ2v) is 10.1. The Kier molecular flexibility index (Phi) is 8.45. The van der Waals surface area contributed by atoms with Crippen molar-refractivity contribution in [2.75, 3.05) is 6.61 Å². The number of benzene rings is 1. The van der Waals surface area contributed by atoms with Gasteiger partial charge in [-0.25, -0.2) is 4.79 Å². The van der Waals surface area contributed by atoms with Crippen molar-refractivity contribution in [2.24, 2.45) is 0 Å². The summed E-state index contributed by atoms with van der Waals surface area (Å²) >= 11 is 0.978. The largest absolute Gasteiger partial charge is 0.493 e. The van der Waals surface area contributed by atoms with Gasteiger partial charge in [-0.2, -0.15) is 4.57 Å². The Bertz CT molecular complexity index is 1160. The fourth-order valence-corrected chi connectivity index (χ4v) is 5.14. The normalized spacial score (nSPS) is 27.7. The lowest BCUT2D eigenvalue weighted by Gasteiger charge is -2.36. The topological polar surface area (TPSA) is 166 Å². The number of aliphatic carboxylic acids is 1. The SMILES string of the molecule is CCc1ccc(CCOc2ccc(CC3SC(=O)NC3=O)cc2)[n+](C2OC(C(=O)O)C(O)C(O)C2O)c1. The number of carbonyl (C=O) groups excluding carboxylic acids is 2. The zero-order valence-electron chi connectivity index (χ0n) is 20.0. The molecule has 12 heteroatoms. The van der Waals surface area contributed by atoms with Crippen LogP contribution in [-0.4, -0.2) is 73.8 Å². The number of hydrogen-bond donors (Lipinski definition) is 5. The average molecular weight is 534 g/mol. The molecule has 1 aromatic heterocycles. The molecular weight excluding hydrogens is 504 g/mol. The van der Waals surface area contributed by atoms with E-state index in [1.54, 1.807) is 22.9 Å². The molecule has 2 saturated heterocycles. The van der Waals surface area contributed by atoms with E-state index in [-0.39, 0.29) is 17.8 Å². The van der Waals surface area contributed by atoms with E-state index in [2.05, 4.69) is 5.32 Å². The van der Waals surface area contributed by atoms with Gasteiger partial charge in [-0.05, 0) is 36.6 Å². The summed E-state index contributed by atoms with van der Waals surface area (Å²) in [4.78, 5) is 34.6. The minimum absolute atomic E-state index is 0.247. The van der Waals surface area contributed by atoms with Gasteiger partial charge in [0, 0.05) is 11.6 Å². The predicted molar refractivity (Wildman–Crippen MR) is 130 cm³/mol. The number of carbonyl (C=O) groups is 3. The van der Waals surface area contributed by atoms with Crippen LogP contribution in [0, 0.1) is 0 Å². The van der Waals surface area contributed by atoms with Crippen LogP contribution in [0.4, 0.5) is 4.79 Å². The fraction of sp³-hybridized carbons (Fsp3) is 0.440. The molecule has 2 amide bonds. The molecule has 2 fully saturated rings. The number of nitrogens with one attached hydrogen (secondary N) is 1. The number of aryl methyl sites for hydroxylation is 1. The summed E-state index contributed by atoms with van der Waals surface area (Å²) in [7, 11) is 0. The Morgan fingerprint density at radius 2 is 1.76 bits per heavy atom. The van der Waals surface area contributed by atoms with Crippen LogP contribution in [0.5, 0.6) is 5.75 Å². The number of amides is 2. The van der Waals surface area contributed by atoms with E-state index in [9.17, 15) is 34.8 Å². The van der Waals surface area contributed by atoms with Crippen LogP contribution >= 0.6 is 11.8 Å². The Balaban J connectivity index is 1.43. The summed E-state index contributed by atoms with van der Waals surface area (Å²) in [5.41, 5.74) is 2.46. The standard InChI is InChI=1S/C25H28N2O9S/c1-2-13-3-6-15(27(12-13)23-20(30)18(28)19(29)21(36-23)24(32)33)9-10-35-16-7-4-14(5-8-16)11-17-22(31)26-25(34)37-17/h3-8,12,17-21,23,28-30H,2,9-11H2,1H3,(H-,26,31,32,33,34)/p+1. The number of nitrogens with zero attached hydrogens (tertiary/aromatic N) is 1. The van der Waals surface area contributed by atoms with Crippen LogP contribution in [0.2, 0.25) is 0 Å². The maximum atomic E-state index is 11.8. The third kappa shape index (κ3) is 6.11. The van der Waals surface area contributed by atoms with Gasteiger partial charge in [0.15, 0.2) is 24.1 Å². The number of hydrogen-bond acceptors (Lipinski definition) is 9. The van der Waals surface area contributed by atoms with Crippen LogP contribution in [0.25, 0.3) is 0 Å². The molecule has 11 nitrogen and oxygen atoms in total. The molecule has 0 bridgehead atoms. The average Bonchev–Trinajstić information content (AvgIpc) is 3.20. The number of carboxylic acid groups (broad SMARTS) is 1. The first-order valence-electron chi connectivity index (χ1n) is 11.9. The van der Waals surface area contributed by atoms with Gasteiger partial charge in [0.2, 0.25) is 5.91 Å². The summed E-state index contributed by atoms with van der Waals surface area (Å²) in [6.45, 7) is 2.19. The van der Waals surface area contributed by atoms with Gasteiger partial charge in [-0.1, -0.05) is 30.8 Å². The molecule has 6 unspecified atom stereocenters. The van der Waals surface area contributed by atoms with Crippen LogP contribution in [-0.2, 0) is 33.6 Å². The molecule has 3 heterocycles. The van der Waals surface area contributed by atoms with E-state index in [0.29, 0.717) is 30.7 Å². The first kappa shape index (κ1) is 27.0. The number of aromatic nitrogens is 1. The molecular formula is C25H29N2O9S+. The van der Waals surface area contributed by atoms with Gasteiger partial charge in [-0.15, -0.1) is 0 Å². The molecule has 198 valence electrons. The molecule has 6 atom stereocenters. The van der Waals surface area contributed by atoms with Crippen molar-refractivity contribution in [3.05, 3.63) is 59.4 Å². The third-order valence-corrected chi connectivity index (χ3v) is 7.36. The fourth-order valence-electron chi connectivity index (χ4n) is 4.28. The van der Waals surface area contributed by atoms with Crippen LogP contribution < -0.4 is 14.6 Å². The summed E-state index contributed by atoms with van der Waals surface area (Å²) < 4.78 is 13.0. The molecule has 2 aromatic rings. The highest BCUT2D eigenvalue weighted by molar-refractivity contribution is 8.15. The molecule has 0 spiro atoms. The molecule has 0 radical (unpaired) electrons. The number of pyridine rings is 1. The molecule has 5 N–H and O–H groups in total. The van der Waals surface area contributed by atoms with E-state index in [0.717, 1.165) is 22.9 Å². The van der Waals surface area contributed by atoms with Gasteiger partial charge in [0.1, 0.15) is 18.0 Å². The second kappa shape index (κ2) is 11.6. The molecule has 0 aliphatic carbocycles. The number of carboxylic acids is 1. The third-order valence-electron chi connectivity index (χ3n) is 6.38. The van der Waals surface area contributed by atoms with Crippen molar-refractivity contribution in [2.45, 2.75) is 62.1 Å². The summed E-state index contributed by atoms with van der Waals surface area (Å²) in [5, 5.41) is 41.7. The van der Waals surface area contributed by atoms with Gasteiger partial charge in [0.25, 0.3) is 11.5 Å². The lowest BCUT2D eigenvalue weighted by atomic mass is 9.97. The van der Waals surface area contributed by atoms with E-state index >= 15 is 0 Å².